The molecule has 0 aliphatic rings. The van der Waals surface area contributed by atoms with Crippen LogP contribution in [0.15, 0.2) is 33.9 Å². The van der Waals surface area contributed by atoms with Gasteiger partial charge in [0.25, 0.3) is 5.22 Å². The van der Waals surface area contributed by atoms with Crippen LogP contribution in [0.4, 0.5) is 0 Å². The van der Waals surface area contributed by atoms with E-state index in [1.54, 1.807) is 6.92 Å². The van der Waals surface area contributed by atoms with Crippen molar-refractivity contribution in [1.29, 1.82) is 0 Å². The number of nitrogens with zero attached hydrogens (tertiary/aromatic N) is 1. The zero-order chi connectivity index (χ0) is 14.4. The average molecular weight is 294 g/mol. The first-order valence-electron chi connectivity index (χ1n) is 6.09. The van der Waals surface area contributed by atoms with E-state index in [9.17, 15) is 9.59 Å². The molecule has 1 aromatic heterocycles. The predicted octanol–water partition coefficient (Wildman–Crippen LogP) is 1.60. The Balaban J connectivity index is 1.79. The summed E-state index contributed by atoms with van der Waals surface area (Å²) in [4.78, 5) is 26.8. The number of amides is 1. The lowest BCUT2D eigenvalue weighted by atomic mass is 10.3. The Morgan fingerprint density at radius 1 is 1.40 bits per heavy atom. The lowest BCUT2D eigenvalue weighted by molar-refractivity contribution is -0.143. The second kappa shape index (κ2) is 6.95. The number of oxazole rings is 1. The van der Waals surface area contributed by atoms with E-state index in [1.165, 1.54) is 11.8 Å². The molecule has 6 nitrogen and oxygen atoms in total. The van der Waals surface area contributed by atoms with E-state index < -0.39 is 5.97 Å². The summed E-state index contributed by atoms with van der Waals surface area (Å²) < 4.78 is 10.2. The van der Waals surface area contributed by atoms with E-state index in [1.807, 2.05) is 24.3 Å². The highest BCUT2D eigenvalue weighted by atomic mass is 32.2. The number of hydrogen-bond donors (Lipinski definition) is 1. The molecule has 0 atom stereocenters. The molecule has 1 aromatic carbocycles. The van der Waals surface area contributed by atoms with Gasteiger partial charge in [-0.05, 0) is 19.1 Å². The SMILES string of the molecule is CCOC(=O)CNC(=O)CSc1nc2ccccc2o1. The fraction of sp³-hybridized carbons (Fsp3) is 0.308. The molecule has 0 saturated carbocycles. The van der Waals surface area contributed by atoms with E-state index in [2.05, 4.69) is 10.3 Å². The lowest BCUT2D eigenvalue weighted by Gasteiger charge is -2.03. The topological polar surface area (TPSA) is 81.4 Å². The second-order valence-electron chi connectivity index (χ2n) is 3.82. The minimum atomic E-state index is -0.451. The number of carbonyl (C=O) groups is 2. The molecule has 20 heavy (non-hydrogen) atoms. The number of aromatic nitrogens is 1. The van der Waals surface area contributed by atoms with Crippen molar-refractivity contribution < 1.29 is 18.7 Å². The van der Waals surface area contributed by atoms with Crippen molar-refractivity contribution in [3.63, 3.8) is 0 Å². The monoisotopic (exact) mass is 294 g/mol. The summed E-state index contributed by atoms with van der Waals surface area (Å²) in [6, 6.07) is 7.37. The Labute approximate surface area is 119 Å². The van der Waals surface area contributed by atoms with Crippen LogP contribution in [0.3, 0.4) is 0 Å². The fourth-order valence-electron chi connectivity index (χ4n) is 1.47. The van der Waals surface area contributed by atoms with E-state index in [4.69, 9.17) is 9.15 Å². The van der Waals surface area contributed by atoms with E-state index in [0.29, 0.717) is 17.4 Å². The van der Waals surface area contributed by atoms with Crippen LogP contribution in [0.25, 0.3) is 11.1 Å². The molecular formula is C13H14N2O4S. The molecular weight excluding hydrogens is 280 g/mol. The van der Waals surface area contributed by atoms with Crippen LogP contribution in [-0.2, 0) is 14.3 Å². The van der Waals surface area contributed by atoms with Gasteiger partial charge in [-0.15, -0.1) is 0 Å². The average Bonchev–Trinajstić information content (AvgIpc) is 2.86. The second-order valence-corrected chi connectivity index (χ2v) is 4.74. The molecule has 0 radical (unpaired) electrons. The first-order valence-corrected chi connectivity index (χ1v) is 7.08. The highest BCUT2D eigenvalue weighted by Gasteiger charge is 2.10. The summed E-state index contributed by atoms with van der Waals surface area (Å²) in [6.07, 6.45) is 0. The summed E-state index contributed by atoms with van der Waals surface area (Å²) in [6.45, 7) is 1.88. The maximum Gasteiger partial charge on any atom is 0.325 e. The summed E-state index contributed by atoms with van der Waals surface area (Å²) in [5, 5.41) is 2.90. The summed E-state index contributed by atoms with van der Waals surface area (Å²) in [7, 11) is 0. The molecule has 0 spiro atoms. The number of esters is 1. The number of para-hydroxylation sites is 2. The zero-order valence-corrected chi connectivity index (χ0v) is 11.7. The van der Waals surface area contributed by atoms with E-state index in [-0.39, 0.29) is 18.2 Å². The first-order chi connectivity index (χ1) is 9.69. The summed E-state index contributed by atoms with van der Waals surface area (Å²) in [5.74, 6) is -0.593. The summed E-state index contributed by atoms with van der Waals surface area (Å²) >= 11 is 1.18. The largest absolute Gasteiger partial charge is 0.465 e. The van der Waals surface area contributed by atoms with Crippen LogP contribution in [-0.4, -0.2) is 35.8 Å². The number of rotatable bonds is 6. The van der Waals surface area contributed by atoms with Crippen LogP contribution in [0, 0.1) is 0 Å². The Morgan fingerprint density at radius 3 is 2.95 bits per heavy atom. The minimum absolute atomic E-state index is 0.124. The molecule has 1 amide bonds. The Hall–Kier alpha value is -2.02. The zero-order valence-electron chi connectivity index (χ0n) is 10.9. The first kappa shape index (κ1) is 14.4. The normalized spacial score (nSPS) is 10.4. The Morgan fingerprint density at radius 2 is 2.20 bits per heavy atom. The molecule has 0 aliphatic heterocycles. The Bertz CT molecular complexity index is 578. The van der Waals surface area contributed by atoms with Gasteiger partial charge in [0.15, 0.2) is 5.58 Å². The van der Waals surface area contributed by atoms with Crippen LogP contribution in [0.2, 0.25) is 0 Å². The molecule has 0 bridgehead atoms. The van der Waals surface area contributed by atoms with Crippen molar-refractivity contribution in [3.8, 4) is 0 Å². The van der Waals surface area contributed by atoms with Crippen LogP contribution >= 0.6 is 11.8 Å². The van der Waals surface area contributed by atoms with Crippen molar-refractivity contribution in [2.24, 2.45) is 0 Å². The standard InChI is InChI=1S/C13H14N2O4S/c1-2-18-12(17)7-14-11(16)8-20-13-15-9-5-3-4-6-10(9)19-13/h3-6H,2,7-8H2,1H3,(H,14,16). The molecule has 0 unspecified atom stereocenters. The number of fused-ring (bicyclic) bond motifs is 1. The van der Waals surface area contributed by atoms with Gasteiger partial charge >= 0.3 is 5.97 Å². The number of benzene rings is 1. The highest BCUT2D eigenvalue weighted by molar-refractivity contribution is 7.99. The van der Waals surface area contributed by atoms with Gasteiger partial charge in [-0.2, -0.15) is 0 Å². The Kier molecular flexibility index (Phi) is 5.00. The van der Waals surface area contributed by atoms with Gasteiger partial charge in [-0.1, -0.05) is 23.9 Å². The predicted molar refractivity (Wildman–Crippen MR) is 74.4 cm³/mol. The van der Waals surface area contributed by atoms with Crippen molar-refractivity contribution in [2.75, 3.05) is 18.9 Å². The number of thioether (sulfide) groups is 1. The van der Waals surface area contributed by atoms with Gasteiger partial charge in [-0.3, -0.25) is 9.59 Å². The maximum absolute atomic E-state index is 11.5. The molecule has 0 aliphatic carbocycles. The molecule has 2 rings (SSSR count). The quantitative estimate of drug-likeness (QED) is 0.644. The van der Waals surface area contributed by atoms with Crippen molar-refractivity contribution in [3.05, 3.63) is 24.3 Å². The smallest absolute Gasteiger partial charge is 0.325 e. The van der Waals surface area contributed by atoms with Gasteiger partial charge in [0.2, 0.25) is 5.91 Å². The lowest BCUT2D eigenvalue weighted by Crippen LogP contribution is -2.31. The van der Waals surface area contributed by atoms with Crippen LogP contribution < -0.4 is 5.32 Å². The molecule has 1 heterocycles. The molecule has 7 heteroatoms. The minimum Gasteiger partial charge on any atom is -0.465 e. The van der Waals surface area contributed by atoms with Gasteiger partial charge in [0, 0.05) is 0 Å². The van der Waals surface area contributed by atoms with Crippen LogP contribution in [0.5, 0.6) is 0 Å². The highest BCUT2D eigenvalue weighted by Crippen LogP contribution is 2.22. The van der Waals surface area contributed by atoms with Crippen molar-refractivity contribution in [2.45, 2.75) is 12.1 Å². The van der Waals surface area contributed by atoms with Crippen molar-refractivity contribution in [1.82, 2.24) is 10.3 Å². The van der Waals surface area contributed by atoms with Crippen LogP contribution in [0.1, 0.15) is 6.92 Å². The maximum atomic E-state index is 11.5. The molecule has 106 valence electrons. The molecule has 0 fully saturated rings. The third kappa shape index (κ3) is 3.99. The van der Waals surface area contributed by atoms with Gasteiger partial charge in [-0.25, -0.2) is 4.98 Å². The van der Waals surface area contributed by atoms with Gasteiger partial charge < -0.3 is 14.5 Å². The molecule has 2 aromatic rings. The number of carbonyl (C=O) groups excluding carboxylic acids is 2. The molecule has 0 saturated heterocycles. The fourth-order valence-corrected chi connectivity index (χ4v) is 2.14. The van der Waals surface area contributed by atoms with E-state index >= 15 is 0 Å². The molecule has 1 N–H and O–H groups in total. The van der Waals surface area contributed by atoms with E-state index in [0.717, 1.165) is 5.52 Å². The third-order valence-electron chi connectivity index (χ3n) is 2.34. The summed E-state index contributed by atoms with van der Waals surface area (Å²) in [5.41, 5.74) is 1.43. The van der Waals surface area contributed by atoms with Crippen molar-refractivity contribution >= 4 is 34.7 Å². The van der Waals surface area contributed by atoms with Gasteiger partial charge in [0.1, 0.15) is 12.1 Å². The van der Waals surface area contributed by atoms with Gasteiger partial charge in [0.05, 0.1) is 12.4 Å². The number of hydrogen-bond acceptors (Lipinski definition) is 6. The number of nitrogens with one attached hydrogen (secondary N) is 1. The number of ether oxygens (including phenoxy) is 1. The third-order valence-corrected chi connectivity index (χ3v) is 3.16.